The van der Waals surface area contributed by atoms with Crippen LogP contribution in [0.3, 0.4) is 0 Å². The first-order valence-corrected chi connectivity index (χ1v) is 11.2. The summed E-state index contributed by atoms with van der Waals surface area (Å²) in [6.07, 6.45) is 3.50. The number of piperidine rings is 1. The summed E-state index contributed by atoms with van der Waals surface area (Å²) in [5.41, 5.74) is 0.209. The van der Waals surface area contributed by atoms with E-state index in [4.69, 9.17) is 4.74 Å². The van der Waals surface area contributed by atoms with Crippen molar-refractivity contribution in [3.05, 3.63) is 29.8 Å². The minimum Gasteiger partial charge on any atom is -0.452 e. The number of hydrogen-bond acceptors (Lipinski definition) is 5. The van der Waals surface area contributed by atoms with E-state index in [0.29, 0.717) is 19.0 Å². The molecule has 1 amide bonds. The van der Waals surface area contributed by atoms with Crippen molar-refractivity contribution in [2.24, 2.45) is 5.92 Å². The van der Waals surface area contributed by atoms with Crippen molar-refractivity contribution in [3.8, 4) is 0 Å². The normalized spacial score (nSPS) is 17.1. The van der Waals surface area contributed by atoms with Gasteiger partial charge in [0, 0.05) is 19.1 Å². The molecule has 0 saturated carbocycles. The molecule has 0 aromatic heterocycles. The van der Waals surface area contributed by atoms with Gasteiger partial charge in [0.1, 0.15) is 0 Å². The summed E-state index contributed by atoms with van der Waals surface area (Å²) >= 11 is 0. The molecule has 8 heteroatoms. The minimum absolute atomic E-state index is 0.0264. The summed E-state index contributed by atoms with van der Waals surface area (Å²) in [6.45, 7) is 6.70. The molecule has 2 rings (SSSR count). The molecule has 1 aliphatic heterocycles. The highest BCUT2D eigenvalue weighted by Gasteiger charge is 2.28. The number of carbonyl (C=O) groups excluding carboxylic acids is 2. The summed E-state index contributed by atoms with van der Waals surface area (Å²) in [7, 11) is -3.56. The number of nitrogens with zero attached hydrogens (tertiary/aromatic N) is 1. The second-order valence-electron chi connectivity index (χ2n) is 7.44. The lowest BCUT2D eigenvalue weighted by Crippen LogP contribution is -2.37. The second-order valence-corrected chi connectivity index (χ2v) is 9.38. The number of benzene rings is 1. The van der Waals surface area contributed by atoms with Gasteiger partial charge in [-0.05, 0) is 56.4 Å². The Morgan fingerprint density at radius 1 is 1.21 bits per heavy atom. The van der Waals surface area contributed by atoms with Crippen molar-refractivity contribution in [3.63, 3.8) is 0 Å². The van der Waals surface area contributed by atoms with E-state index in [1.165, 1.54) is 28.6 Å². The van der Waals surface area contributed by atoms with Gasteiger partial charge in [-0.2, -0.15) is 4.31 Å². The quantitative estimate of drug-likeness (QED) is 0.665. The Morgan fingerprint density at radius 2 is 1.82 bits per heavy atom. The fourth-order valence-electron chi connectivity index (χ4n) is 3.17. The van der Waals surface area contributed by atoms with Crippen LogP contribution in [0.4, 0.5) is 0 Å². The molecule has 1 saturated heterocycles. The average molecular weight is 411 g/mol. The van der Waals surface area contributed by atoms with Gasteiger partial charge < -0.3 is 10.1 Å². The van der Waals surface area contributed by atoms with E-state index in [-0.39, 0.29) is 29.0 Å². The fourth-order valence-corrected chi connectivity index (χ4v) is 4.64. The van der Waals surface area contributed by atoms with Crippen LogP contribution in [0.2, 0.25) is 0 Å². The van der Waals surface area contributed by atoms with Crippen molar-refractivity contribution in [1.29, 1.82) is 0 Å². The molecular formula is C20H30N2O5S. The molecule has 1 aromatic rings. The van der Waals surface area contributed by atoms with Crippen LogP contribution in [0.5, 0.6) is 0 Å². The van der Waals surface area contributed by atoms with Crippen molar-refractivity contribution in [2.45, 2.75) is 57.4 Å². The third kappa shape index (κ3) is 6.04. The van der Waals surface area contributed by atoms with E-state index < -0.39 is 16.0 Å². The predicted molar refractivity (Wildman–Crippen MR) is 106 cm³/mol. The van der Waals surface area contributed by atoms with E-state index >= 15 is 0 Å². The van der Waals surface area contributed by atoms with Crippen LogP contribution in [-0.4, -0.2) is 50.3 Å². The summed E-state index contributed by atoms with van der Waals surface area (Å²) in [5.74, 6) is -0.479. The highest BCUT2D eigenvalue weighted by Crippen LogP contribution is 2.23. The average Bonchev–Trinajstić information content (AvgIpc) is 2.66. The smallest absolute Gasteiger partial charge is 0.338 e. The summed E-state index contributed by atoms with van der Waals surface area (Å²) in [4.78, 5) is 24.0. The Hall–Kier alpha value is -1.93. The largest absolute Gasteiger partial charge is 0.452 e. The lowest BCUT2D eigenvalue weighted by Gasteiger charge is -2.29. The van der Waals surface area contributed by atoms with Crippen LogP contribution in [0.1, 0.15) is 56.8 Å². The molecule has 1 aromatic carbocycles. The zero-order chi connectivity index (χ0) is 20.7. The molecule has 156 valence electrons. The van der Waals surface area contributed by atoms with E-state index in [2.05, 4.69) is 12.2 Å². The standard InChI is InChI=1S/C20H30N2O5S/c1-4-5-16(3)21-19(23)14-27-20(24)17-6-8-18(9-7-17)28(25,26)22-12-10-15(2)11-13-22/h6-9,15-16H,4-5,10-14H2,1-3H3,(H,21,23)/t16-/m1/s1. The molecule has 1 atom stereocenters. The zero-order valence-corrected chi connectivity index (χ0v) is 17.6. The molecule has 1 aliphatic rings. The number of amides is 1. The van der Waals surface area contributed by atoms with Gasteiger partial charge >= 0.3 is 5.97 Å². The molecule has 1 N–H and O–H groups in total. The summed E-state index contributed by atoms with van der Waals surface area (Å²) in [6, 6.07) is 5.68. The Kier molecular flexibility index (Phi) is 8.00. The van der Waals surface area contributed by atoms with Crippen LogP contribution in [0.25, 0.3) is 0 Å². The van der Waals surface area contributed by atoms with E-state index in [1.54, 1.807) is 0 Å². The molecule has 0 spiro atoms. The third-order valence-corrected chi connectivity index (χ3v) is 6.85. The lowest BCUT2D eigenvalue weighted by atomic mass is 10.0. The maximum absolute atomic E-state index is 12.7. The van der Waals surface area contributed by atoms with E-state index in [1.807, 2.05) is 13.8 Å². The lowest BCUT2D eigenvalue weighted by molar-refractivity contribution is -0.124. The first-order valence-electron chi connectivity index (χ1n) is 9.80. The van der Waals surface area contributed by atoms with Crippen molar-refractivity contribution in [1.82, 2.24) is 9.62 Å². The molecule has 0 radical (unpaired) electrons. The number of hydrogen-bond donors (Lipinski definition) is 1. The van der Waals surface area contributed by atoms with Crippen LogP contribution < -0.4 is 5.32 Å². The Morgan fingerprint density at radius 3 is 2.39 bits per heavy atom. The SMILES string of the molecule is CCC[C@@H](C)NC(=O)COC(=O)c1ccc(S(=O)(=O)N2CCC(C)CC2)cc1. The first kappa shape index (κ1) is 22.4. The van der Waals surface area contributed by atoms with Crippen LogP contribution >= 0.6 is 0 Å². The van der Waals surface area contributed by atoms with Crippen LogP contribution in [-0.2, 0) is 19.6 Å². The molecular weight excluding hydrogens is 380 g/mol. The van der Waals surface area contributed by atoms with Gasteiger partial charge in [0.2, 0.25) is 10.0 Å². The molecule has 28 heavy (non-hydrogen) atoms. The monoisotopic (exact) mass is 410 g/mol. The molecule has 0 aliphatic carbocycles. The molecule has 1 heterocycles. The molecule has 0 bridgehead atoms. The van der Waals surface area contributed by atoms with Gasteiger partial charge in [0.05, 0.1) is 10.5 Å². The number of sulfonamides is 1. The van der Waals surface area contributed by atoms with Gasteiger partial charge in [-0.25, -0.2) is 13.2 Å². The maximum Gasteiger partial charge on any atom is 0.338 e. The van der Waals surface area contributed by atoms with Crippen LogP contribution in [0, 0.1) is 5.92 Å². The van der Waals surface area contributed by atoms with Gasteiger partial charge in [-0.3, -0.25) is 4.79 Å². The Balaban J connectivity index is 1.92. The summed E-state index contributed by atoms with van der Waals surface area (Å²) < 4.78 is 31.9. The number of nitrogens with one attached hydrogen (secondary N) is 1. The van der Waals surface area contributed by atoms with E-state index in [9.17, 15) is 18.0 Å². The van der Waals surface area contributed by atoms with Gasteiger partial charge in [0.25, 0.3) is 5.91 Å². The molecule has 7 nitrogen and oxygen atoms in total. The highest BCUT2D eigenvalue weighted by atomic mass is 32.2. The third-order valence-electron chi connectivity index (χ3n) is 4.93. The van der Waals surface area contributed by atoms with Gasteiger partial charge in [-0.15, -0.1) is 0 Å². The number of rotatable bonds is 8. The first-order chi connectivity index (χ1) is 13.2. The van der Waals surface area contributed by atoms with E-state index in [0.717, 1.165) is 25.7 Å². The zero-order valence-electron chi connectivity index (χ0n) is 16.8. The van der Waals surface area contributed by atoms with Gasteiger partial charge in [0.15, 0.2) is 6.61 Å². The fraction of sp³-hybridized carbons (Fsp3) is 0.600. The van der Waals surface area contributed by atoms with Crippen LogP contribution in [0.15, 0.2) is 29.2 Å². The molecule has 1 fully saturated rings. The van der Waals surface area contributed by atoms with Crippen molar-refractivity contribution >= 4 is 21.9 Å². The maximum atomic E-state index is 12.7. The number of esters is 1. The summed E-state index contributed by atoms with van der Waals surface area (Å²) in [5, 5.41) is 2.76. The minimum atomic E-state index is -3.56. The second kappa shape index (κ2) is 10.0. The highest BCUT2D eigenvalue weighted by molar-refractivity contribution is 7.89. The number of carbonyl (C=O) groups is 2. The number of ether oxygens (including phenoxy) is 1. The van der Waals surface area contributed by atoms with Crippen molar-refractivity contribution < 1.29 is 22.7 Å². The topological polar surface area (TPSA) is 92.8 Å². The Bertz CT molecular complexity index is 768. The predicted octanol–water partition coefficient (Wildman–Crippen LogP) is 2.57. The van der Waals surface area contributed by atoms with Crippen molar-refractivity contribution in [2.75, 3.05) is 19.7 Å². The Labute approximate surface area is 167 Å². The van der Waals surface area contributed by atoms with Gasteiger partial charge in [-0.1, -0.05) is 20.3 Å². The molecule has 0 unspecified atom stereocenters.